The average Bonchev–Trinajstić information content (AvgIpc) is 2.65. The molecule has 17 heavy (non-hydrogen) atoms. The first-order chi connectivity index (χ1) is 8.13. The summed E-state index contributed by atoms with van der Waals surface area (Å²) in [6, 6.07) is 5.61. The second-order valence-corrected chi connectivity index (χ2v) is 4.77. The molecule has 0 aliphatic heterocycles. The van der Waals surface area contributed by atoms with Gasteiger partial charge in [0.2, 0.25) is 0 Å². The molecule has 1 aromatic carbocycles. The summed E-state index contributed by atoms with van der Waals surface area (Å²) < 4.78 is 4.33. The van der Waals surface area contributed by atoms with Crippen LogP contribution in [-0.4, -0.2) is 4.57 Å². The molecule has 0 aliphatic rings. The SMILES string of the molecule is CCn1cc[n+](Cc2c(Cl)cccc2Cl)c1C. The van der Waals surface area contributed by atoms with Crippen molar-refractivity contribution in [3.8, 4) is 0 Å². The van der Waals surface area contributed by atoms with E-state index >= 15 is 0 Å². The van der Waals surface area contributed by atoms with Gasteiger partial charge in [-0.15, -0.1) is 0 Å². The zero-order valence-corrected chi connectivity index (χ0v) is 11.5. The highest BCUT2D eigenvalue weighted by Gasteiger charge is 2.14. The Morgan fingerprint density at radius 2 is 1.88 bits per heavy atom. The van der Waals surface area contributed by atoms with Crippen LogP contribution in [0, 0.1) is 6.92 Å². The van der Waals surface area contributed by atoms with E-state index in [1.54, 1.807) is 0 Å². The fraction of sp³-hybridized carbons (Fsp3) is 0.308. The second-order valence-electron chi connectivity index (χ2n) is 3.96. The minimum Gasteiger partial charge on any atom is -0.235 e. The largest absolute Gasteiger partial charge is 0.253 e. The Morgan fingerprint density at radius 3 is 2.41 bits per heavy atom. The standard InChI is InChI=1S/C13H15Cl2N2/c1-3-16-7-8-17(10(16)2)9-11-12(14)5-4-6-13(11)15/h4-8H,3,9H2,1-2H3/q+1. The Kier molecular flexibility index (Phi) is 3.75. The van der Waals surface area contributed by atoms with Crippen LogP contribution < -0.4 is 4.57 Å². The zero-order chi connectivity index (χ0) is 12.4. The Labute approximate surface area is 111 Å². The Hall–Kier alpha value is -0.990. The molecule has 0 spiro atoms. The van der Waals surface area contributed by atoms with E-state index in [-0.39, 0.29) is 0 Å². The number of benzene rings is 1. The predicted octanol–water partition coefficient (Wildman–Crippen LogP) is 3.46. The minimum atomic E-state index is 0.706. The number of rotatable bonds is 3. The third kappa shape index (κ3) is 2.48. The predicted molar refractivity (Wildman–Crippen MR) is 70.6 cm³/mol. The van der Waals surface area contributed by atoms with Gasteiger partial charge < -0.3 is 0 Å². The zero-order valence-electron chi connectivity index (χ0n) is 9.95. The molecule has 1 heterocycles. The van der Waals surface area contributed by atoms with E-state index in [0.29, 0.717) is 16.6 Å². The van der Waals surface area contributed by atoms with Gasteiger partial charge in [0.25, 0.3) is 5.82 Å². The maximum Gasteiger partial charge on any atom is 0.253 e. The molecule has 0 N–H and O–H groups in total. The van der Waals surface area contributed by atoms with Crippen LogP contribution in [0.1, 0.15) is 18.3 Å². The number of halogens is 2. The number of nitrogens with zero attached hydrogens (tertiary/aromatic N) is 2. The topological polar surface area (TPSA) is 8.81 Å². The molecule has 2 rings (SSSR count). The van der Waals surface area contributed by atoms with Gasteiger partial charge in [-0.3, -0.25) is 0 Å². The van der Waals surface area contributed by atoms with Gasteiger partial charge >= 0.3 is 0 Å². The average molecular weight is 270 g/mol. The first-order valence-electron chi connectivity index (χ1n) is 5.61. The molecule has 0 unspecified atom stereocenters. The van der Waals surface area contributed by atoms with Crippen LogP contribution in [0.2, 0.25) is 10.0 Å². The highest BCUT2D eigenvalue weighted by molar-refractivity contribution is 6.35. The van der Waals surface area contributed by atoms with E-state index in [0.717, 1.165) is 12.1 Å². The summed E-state index contributed by atoms with van der Waals surface area (Å²) in [5, 5.41) is 1.43. The van der Waals surface area contributed by atoms with Crippen LogP contribution in [0.3, 0.4) is 0 Å². The van der Waals surface area contributed by atoms with E-state index in [9.17, 15) is 0 Å². The van der Waals surface area contributed by atoms with Crippen molar-refractivity contribution >= 4 is 23.2 Å². The molecule has 0 amide bonds. The van der Waals surface area contributed by atoms with Gasteiger partial charge in [0.05, 0.1) is 6.54 Å². The van der Waals surface area contributed by atoms with E-state index in [2.05, 4.69) is 35.4 Å². The molecule has 0 radical (unpaired) electrons. The molecule has 0 bridgehead atoms. The van der Waals surface area contributed by atoms with Crippen molar-refractivity contribution in [3.63, 3.8) is 0 Å². The summed E-state index contributed by atoms with van der Waals surface area (Å²) in [6.45, 7) is 5.89. The third-order valence-electron chi connectivity index (χ3n) is 2.99. The molecular formula is C13H15Cl2N2+. The number of aromatic nitrogens is 2. The monoisotopic (exact) mass is 269 g/mol. The van der Waals surface area contributed by atoms with Gasteiger partial charge in [-0.2, -0.15) is 0 Å². The summed E-state index contributed by atoms with van der Waals surface area (Å²) in [6.07, 6.45) is 4.12. The van der Waals surface area contributed by atoms with Crippen LogP contribution in [0.5, 0.6) is 0 Å². The molecule has 2 nitrogen and oxygen atoms in total. The lowest BCUT2D eigenvalue weighted by Gasteiger charge is -2.05. The summed E-state index contributed by atoms with van der Waals surface area (Å²) in [5.74, 6) is 1.20. The molecule has 0 fully saturated rings. The van der Waals surface area contributed by atoms with E-state index in [1.165, 1.54) is 5.82 Å². The van der Waals surface area contributed by atoms with Crippen LogP contribution >= 0.6 is 23.2 Å². The maximum absolute atomic E-state index is 6.17. The van der Waals surface area contributed by atoms with Gasteiger partial charge in [-0.25, -0.2) is 9.13 Å². The lowest BCUT2D eigenvalue weighted by Crippen LogP contribution is -2.36. The van der Waals surface area contributed by atoms with Crippen LogP contribution in [0.25, 0.3) is 0 Å². The highest BCUT2D eigenvalue weighted by atomic mass is 35.5. The first kappa shape index (κ1) is 12.5. The van der Waals surface area contributed by atoms with E-state index < -0.39 is 0 Å². The van der Waals surface area contributed by atoms with Gasteiger partial charge in [0, 0.05) is 22.5 Å². The fourth-order valence-corrected chi connectivity index (χ4v) is 2.41. The Morgan fingerprint density at radius 1 is 1.24 bits per heavy atom. The normalized spacial score (nSPS) is 10.8. The maximum atomic E-state index is 6.17. The molecule has 0 saturated carbocycles. The quantitative estimate of drug-likeness (QED) is 0.755. The van der Waals surface area contributed by atoms with Crippen molar-refractivity contribution < 1.29 is 4.57 Å². The van der Waals surface area contributed by atoms with E-state index in [1.807, 2.05) is 18.2 Å². The molecule has 90 valence electrons. The summed E-state index contributed by atoms with van der Waals surface area (Å²) >= 11 is 12.3. The lowest BCUT2D eigenvalue weighted by molar-refractivity contribution is -0.693. The Balaban J connectivity index is 2.35. The third-order valence-corrected chi connectivity index (χ3v) is 3.70. The van der Waals surface area contributed by atoms with Crippen molar-refractivity contribution in [2.75, 3.05) is 0 Å². The van der Waals surface area contributed by atoms with Gasteiger partial charge in [-0.1, -0.05) is 29.3 Å². The van der Waals surface area contributed by atoms with Crippen molar-refractivity contribution in [3.05, 3.63) is 52.0 Å². The number of aryl methyl sites for hydroxylation is 1. The molecule has 2 aromatic rings. The van der Waals surface area contributed by atoms with Crippen LogP contribution in [-0.2, 0) is 13.1 Å². The summed E-state index contributed by atoms with van der Waals surface area (Å²) in [7, 11) is 0. The Bertz CT molecular complexity index is 512. The van der Waals surface area contributed by atoms with Crippen molar-refractivity contribution in [2.45, 2.75) is 26.9 Å². The van der Waals surface area contributed by atoms with Crippen molar-refractivity contribution in [1.29, 1.82) is 0 Å². The molecule has 1 aromatic heterocycles. The summed E-state index contributed by atoms with van der Waals surface area (Å²) in [5.41, 5.74) is 0.970. The van der Waals surface area contributed by atoms with E-state index in [4.69, 9.17) is 23.2 Å². The number of hydrogen-bond donors (Lipinski definition) is 0. The van der Waals surface area contributed by atoms with Crippen LogP contribution in [0.4, 0.5) is 0 Å². The van der Waals surface area contributed by atoms with Gasteiger partial charge in [0.1, 0.15) is 18.9 Å². The fourth-order valence-electron chi connectivity index (χ4n) is 1.90. The second kappa shape index (κ2) is 5.11. The van der Waals surface area contributed by atoms with Gasteiger partial charge in [0.15, 0.2) is 0 Å². The minimum absolute atomic E-state index is 0.706. The van der Waals surface area contributed by atoms with Crippen molar-refractivity contribution in [1.82, 2.24) is 4.57 Å². The number of imidazole rings is 1. The number of hydrogen-bond acceptors (Lipinski definition) is 0. The molecule has 0 saturated heterocycles. The molecule has 4 heteroatoms. The lowest BCUT2D eigenvalue weighted by atomic mass is 10.2. The first-order valence-corrected chi connectivity index (χ1v) is 6.37. The smallest absolute Gasteiger partial charge is 0.235 e. The van der Waals surface area contributed by atoms with Crippen molar-refractivity contribution in [2.24, 2.45) is 0 Å². The molecular weight excluding hydrogens is 255 g/mol. The highest BCUT2D eigenvalue weighted by Crippen LogP contribution is 2.23. The van der Waals surface area contributed by atoms with Crippen LogP contribution in [0.15, 0.2) is 30.6 Å². The molecule has 0 atom stereocenters. The molecule has 0 aliphatic carbocycles. The van der Waals surface area contributed by atoms with Gasteiger partial charge in [-0.05, 0) is 19.1 Å². The summed E-state index contributed by atoms with van der Waals surface area (Å²) in [4.78, 5) is 0.